The zero-order valence-electron chi connectivity index (χ0n) is 17.8. The summed E-state index contributed by atoms with van der Waals surface area (Å²) in [7, 11) is 1.70. The number of halogens is 2. The van der Waals surface area contributed by atoms with Crippen LogP contribution in [0.25, 0.3) is 0 Å². The van der Waals surface area contributed by atoms with E-state index in [1.54, 1.807) is 19.2 Å². The van der Waals surface area contributed by atoms with Crippen LogP contribution >= 0.6 is 24.0 Å². The van der Waals surface area contributed by atoms with Crippen molar-refractivity contribution in [3.05, 3.63) is 35.6 Å². The van der Waals surface area contributed by atoms with Gasteiger partial charge in [-0.2, -0.15) is 0 Å². The Labute approximate surface area is 190 Å². The SMILES string of the molecule is CN=C(NCCC1CCCN(C(=O)OC(C)(C)C)C1)NCc1ccccc1F.I. The Morgan fingerprint density at radius 3 is 2.69 bits per heavy atom. The second-order valence-corrected chi connectivity index (χ2v) is 8.17. The van der Waals surface area contributed by atoms with E-state index in [2.05, 4.69) is 15.6 Å². The smallest absolute Gasteiger partial charge is 0.410 e. The molecule has 29 heavy (non-hydrogen) atoms. The minimum Gasteiger partial charge on any atom is -0.444 e. The minimum absolute atomic E-state index is 0. The maximum absolute atomic E-state index is 13.7. The van der Waals surface area contributed by atoms with E-state index in [9.17, 15) is 9.18 Å². The highest BCUT2D eigenvalue weighted by Gasteiger charge is 2.27. The predicted octanol–water partition coefficient (Wildman–Crippen LogP) is 4.15. The molecule has 1 amide bonds. The van der Waals surface area contributed by atoms with E-state index >= 15 is 0 Å². The van der Waals surface area contributed by atoms with Gasteiger partial charge in [-0.15, -0.1) is 24.0 Å². The van der Waals surface area contributed by atoms with Crippen molar-refractivity contribution in [2.75, 3.05) is 26.7 Å². The van der Waals surface area contributed by atoms with Crippen molar-refractivity contribution in [3.63, 3.8) is 0 Å². The fourth-order valence-corrected chi connectivity index (χ4v) is 3.23. The van der Waals surface area contributed by atoms with Gasteiger partial charge < -0.3 is 20.3 Å². The third kappa shape index (κ3) is 9.18. The fraction of sp³-hybridized carbons (Fsp3) is 0.619. The molecule has 1 aromatic carbocycles. The van der Waals surface area contributed by atoms with Gasteiger partial charge in [-0.3, -0.25) is 4.99 Å². The van der Waals surface area contributed by atoms with Crippen LogP contribution in [-0.2, 0) is 11.3 Å². The number of rotatable bonds is 5. The quantitative estimate of drug-likeness (QED) is 0.348. The van der Waals surface area contributed by atoms with E-state index in [1.807, 2.05) is 31.7 Å². The first-order chi connectivity index (χ1) is 13.3. The molecule has 0 radical (unpaired) electrons. The number of nitrogens with one attached hydrogen (secondary N) is 2. The molecule has 164 valence electrons. The van der Waals surface area contributed by atoms with Crippen LogP contribution in [0.5, 0.6) is 0 Å². The highest BCUT2D eigenvalue weighted by Crippen LogP contribution is 2.21. The van der Waals surface area contributed by atoms with Gasteiger partial charge in [0.25, 0.3) is 0 Å². The molecule has 1 aliphatic heterocycles. The second-order valence-electron chi connectivity index (χ2n) is 8.17. The second kappa shape index (κ2) is 12.2. The van der Waals surface area contributed by atoms with Crippen LogP contribution in [0.4, 0.5) is 9.18 Å². The maximum Gasteiger partial charge on any atom is 0.410 e. The Kier molecular flexibility index (Phi) is 10.7. The van der Waals surface area contributed by atoms with E-state index < -0.39 is 5.60 Å². The number of nitrogens with zero attached hydrogens (tertiary/aromatic N) is 2. The maximum atomic E-state index is 13.7. The van der Waals surface area contributed by atoms with Gasteiger partial charge in [0.15, 0.2) is 5.96 Å². The summed E-state index contributed by atoms with van der Waals surface area (Å²) < 4.78 is 19.2. The van der Waals surface area contributed by atoms with Gasteiger partial charge >= 0.3 is 6.09 Å². The number of ether oxygens (including phenoxy) is 1. The predicted molar refractivity (Wildman–Crippen MR) is 125 cm³/mol. The lowest BCUT2D eigenvalue weighted by Crippen LogP contribution is -2.44. The Morgan fingerprint density at radius 2 is 2.03 bits per heavy atom. The summed E-state index contributed by atoms with van der Waals surface area (Å²) in [4.78, 5) is 18.3. The van der Waals surface area contributed by atoms with Gasteiger partial charge in [0.05, 0.1) is 0 Å². The first kappa shape index (κ1) is 25.5. The van der Waals surface area contributed by atoms with E-state index in [0.29, 0.717) is 24.0 Å². The molecule has 8 heteroatoms. The standard InChI is InChI=1S/C21H33FN4O2.HI/c1-21(2,3)28-20(27)26-13-7-8-16(15-26)11-12-24-19(23-4)25-14-17-9-5-6-10-18(17)22;/h5-6,9-10,16H,7-8,11-15H2,1-4H3,(H2,23,24,25);1H. The first-order valence-corrected chi connectivity index (χ1v) is 9.94. The molecule has 0 bridgehead atoms. The van der Waals surface area contributed by atoms with Gasteiger partial charge in [-0.05, 0) is 52.0 Å². The summed E-state index contributed by atoms with van der Waals surface area (Å²) in [6.45, 7) is 8.25. The molecule has 1 aromatic rings. The molecule has 0 spiro atoms. The summed E-state index contributed by atoms with van der Waals surface area (Å²) >= 11 is 0. The number of hydrogen-bond donors (Lipinski definition) is 2. The number of benzene rings is 1. The van der Waals surface area contributed by atoms with E-state index in [0.717, 1.165) is 38.9 Å². The molecule has 1 atom stereocenters. The number of aliphatic imine (C=N–C) groups is 1. The van der Waals surface area contributed by atoms with Crippen molar-refractivity contribution in [2.45, 2.75) is 52.2 Å². The van der Waals surface area contributed by atoms with Gasteiger partial charge in [0.1, 0.15) is 11.4 Å². The van der Waals surface area contributed by atoms with Gasteiger partial charge in [0, 0.05) is 38.8 Å². The number of carbonyl (C=O) groups is 1. The number of piperidine rings is 1. The number of amides is 1. The fourth-order valence-electron chi connectivity index (χ4n) is 3.23. The molecule has 2 rings (SSSR count). The Morgan fingerprint density at radius 1 is 1.31 bits per heavy atom. The van der Waals surface area contributed by atoms with Crippen molar-refractivity contribution in [1.82, 2.24) is 15.5 Å². The molecule has 1 fully saturated rings. The monoisotopic (exact) mass is 520 g/mol. The van der Waals surface area contributed by atoms with Crippen LogP contribution in [-0.4, -0.2) is 49.2 Å². The van der Waals surface area contributed by atoms with Crippen molar-refractivity contribution >= 4 is 36.0 Å². The lowest BCUT2D eigenvalue weighted by molar-refractivity contribution is 0.0162. The molecule has 1 heterocycles. The molecule has 0 saturated carbocycles. The highest BCUT2D eigenvalue weighted by atomic mass is 127. The average molecular weight is 520 g/mol. The van der Waals surface area contributed by atoms with Crippen LogP contribution in [0.1, 0.15) is 45.6 Å². The minimum atomic E-state index is -0.470. The Balaban J connectivity index is 0.00000420. The average Bonchev–Trinajstić information content (AvgIpc) is 2.64. The Bertz CT molecular complexity index is 679. The summed E-state index contributed by atoms with van der Waals surface area (Å²) in [5.74, 6) is 0.844. The summed E-state index contributed by atoms with van der Waals surface area (Å²) in [6, 6.07) is 6.70. The van der Waals surface area contributed by atoms with Gasteiger partial charge in [0.2, 0.25) is 0 Å². The summed E-state index contributed by atoms with van der Waals surface area (Å²) in [5, 5.41) is 6.40. The molecular weight excluding hydrogens is 486 g/mol. The first-order valence-electron chi connectivity index (χ1n) is 9.94. The van der Waals surface area contributed by atoms with E-state index in [4.69, 9.17) is 4.74 Å². The van der Waals surface area contributed by atoms with Crippen molar-refractivity contribution in [1.29, 1.82) is 0 Å². The summed E-state index contributed by atoms with van der Waals surface area (Å²) in [6.07, 6.45) is 2.79. The zero-order chi connectivity index (χ0) is 20.6. The molecule has 0 aliphatic carbocycles. The van der Waals surface area contributed by atoms with Crippen molar-refractivity contribution in [3.8, 4) is 0 Å². The van der Waals surface area contributed by atoms with Crippen LogP contribution < -0.4 is 10.6 Å². The normalized spacial score (nSPS) is 17.3. The number of guanidine groups is 1. The van der Waals surface area contributed by atoms with Crippen molar-refractivity contribution in [2.24, 2.45) is 10.9 Å². The molecule has 1 unspecified atom stereocenters. The summed E-state index contributed by atoms with van der Waals surface area (Å²) in [5.41, 5.74) is 0.132. The largest absolute Gasteiger partial charge is 0.444 e. The third-order valence-corrected chi connectivity index (χ3v) is 4.64. The van der Waals surface area contributed by atoms with E-state index in [-0.39, 0.29) is 35.9 Å². The lowest BCUT2D eigenvalue weighted by Gasteiger charge is -2.34. The van der Waals surface area contributed by atoms with E-state index in [1.165, 1.54) is 6.07 Å². The van der Waals surface area contributed by atoms with Crippen LogP contribution in [0.15, 0.2) is 29.3 Å². The number of carbonyl (C=O) groups excluding carboxylic acids is 1. The van der Waals surface area contributed by atoms with Crippen LogP contribution in [0, 0.1) is 11.7 Å². The van der Waals surface area contributed by atoms with Crippen molar-refractivity contribution < 1.29 is 13.9 Å². The Hall–Kier alpha value is -1.58. The molecule has 1 aliphatic rings. The van der Waals surface area contributed by atoms with Gasteiger partial charge in [-0.25, -0.2) is 9.18 Å². The highest BCUT2D eigenvalue weighted by molar-refractivity contribution is 14.0. The van der Waals surface area contributed by atoms with Crippen LogP contribution in [0.2, 0.25) is 0 Å². The zero-order valence-corrected chi connectivity index (χ0v) is 20.2. The molecular formula is C21H34FIN4O2. The molecule has 6 nitrogen and oxygen atoms in total. The molecule has 2 N–H and O–H groups in total. The molecule has 1 saturated heterocycles. The van der Waals surface area contributed by atoms with Crippen LogP contribution in [0.3, 0.4) is 0 Å². The third-order valence-electron chi connectivity index (χ3n) is 4.64. The van der Waals surface area contributed by atoms with Gasteiger partial charge in [-0.1, -0.05) is 18.2 Å². The number of hydrogen-bond acceptors (Lipinski definition) is 3. The topological polar surface area (TPSA) is 66.0 Å². The molecule has 0 aromatic heterocycles. The number of likely N-dealkylation sites (tertiary alicyclic amines) is 1. The lowest BCUT2D eigenvalue weighted by atomic mass is 9.95.